The van der Waals surface area contributed by atoms with Gasteiger partial charge in [0.15, 0.2) is 0 Å². The summed E-state index contributed by atoms with van der Waals surface area (Å²) in [5.74, 6) is 1.83. The van der Waals surface area contributed by atoms with Crippen LogP contribution in [0, 0.1) is 0 Å². The topological polar surface area (TPSA) is 27.1 Å². The number of imidazole rings is 1. The van der Waals surface area contributed by atoms with Crippen molar-refractivity contribution in [2.24, 2.45) is 0 Å². The molecule has 0 spiro atoms. The number of aromatic nitrogens is 2. The molecule has 0 aliphatic carbocycles. The van der Waals surface area contributed by atoms with Gasteiger partial charge in [0.05, 0.1) is 12.4 Å². The fourth-order valence-electron chi connectivity index (χ4n) is 2.63. The third-order valence-corrected chi connectivity index (χ3v) is 3.47. The Kier molecular flexibility index (Phi) is 2.18. The second-order valence-electron chi connectivity index (χ2n) is 4.59. The van der Waals surface area contributed by atoms with Gasteiger partial charge in [-0.15, -0.1) is 0 Å². The standard InChI is InChI=1S/C16H12N2O/c1-3-7-14-12(5-1)16(18-10-9-17-11-18)13-6-2-4-8-15(13)19-14/h1-11,16H. The zero-order valence-electron chi connectivity index (χ0n) is 10.2. The quantitative estimate of drug-likeness (QED) is 0.514. The van der Waals surface area contributed by atoms with Crippen LogP contribution in [-0.4, -0.2) is 9.55 Å². The molecule has 0 N–H and O–H groups in total. The summed E-state index contributed by atoms with van der Waals surface area (Å²) in [6.07, 6.45) is 5.65. The molecule has 0 unspecified atom stereocenters. The molecule has 3 heteroatoms. The maximum Gasteiger partial charge on any atom is 0.133 e. The average Bonchev–Trinajstić information content (AvgIpc) is 2.98. The SMILES string of the molecule is c1ccc2c(c1)Oc1ccccc1C2n1ccnc1. The molecule has 3 nitrogen and oxygen atoms in total. The first kappa shape index (κ1) is 10.4. The minimum Gasteiger partial charge on any atom is -0.457 e. The fourth-order valence-corrected chi connectivity index (χ4v) is 2.63. The number of para-hydroxylation sites is 2. The summed E-state index contributed by atoms with van der Waals surface area (Å²) < 4.78 is 8.08. The van der Waals surface area contributed by atoms with E-state index in [1.54, 1.807) is 6.20 Å². The van der Waals surface area contributed by atoms with Gasteiger partial charge in [-0.3, -0.25) is 0 Å². The van der Waals surface area contributed by atoms with E-state index in [2.05, 4.69) is 21.7 Å². The van der Waals surface area contributed by atoms with E-state index >= 15 is 0 Å². The van der Waals surface area contributed by atoms with Crippen molar-refractivity contribution in [3.8, 4) is 11.5 Å². The lowest BCUT2D eigenvalue weighted by molar-refractivity contribution is 0.434. The summed E-state index contributed by atoms with van der Waals surface area (Å²) in [5, 5.41) is 0. The number of hydrogen-bond donors (Lipinski definition) is 0. The molecule has 92 valence electrons. The third kappa shape index (κ3) is 1.55. The Bertz CT molecular complexity index is 674. The van der Waals surface area contributed by atoms with Crippen LogP contribution in [0.3, 0.4) is 0 Å². The Balaban J connectivity index is 1.98. The van der Waals surface area contributed by atoms with Crippen molar-refractivity contribution in [2.45, 2.75) is 6.04 Å². The zero-order valence-corrected chi connectivity index (χ0v) is 10.2. The molecule has 0 bridgehead atoms. The van der Waals surface area contributed by atoms with Gasteiger partial charge < -0.3 is 9.30 Å². The highest BCUT2D eigenvalue weighted by Crippen LogP contribution is 2.44. The smallest absolute Gasteiger partial charge is 0.133 e. The average molecular weight is 248 g/mol. The van der Waals surface area contributed by atoms with Gasteiger partial charge in [-0.05, 0) is 12.1 Å². The summed E-state index contributed by atoms with van der Waals surface area (Å²) >= 11 is 0. The number of nitrogens with zero attached hydrogens (tertiary/aromatic N) is 2. The van der Waals surface area contributed by atoms with Crippen molar-refractivity contribution < 1.29 is 4.74 Å². The van der Waals surface area contributed by atoms with Crippen LogP contribution in [-0.2, 0) is 0 Å². The van der Waals surface area contributed by atoms with Crippen LogP contribution in [0.25, 0.3) is 0 Å². The first-order valence-electron chi connectivity index (χ1n) is 6.26. The summed E-state index contributed by atoms with van der Waals surface area (Å²) in [5.41, 5.74) is 2.33. The summed E-state index contributed by atoms with van der Waals surface area (Å²) in [7, 11) is 0. The molecule has 0 fully saturated rings. The lowest BCUT2D eigenvalue weighted by Gasteiger charge is -2.28. The van der Waals surface area contributed by atoms with Crippen LogP contribution in [0.5, 0.6) is 11.5 Å². The minimum absolute atomic E-state index is 0.128. The van der Waals surface area contributed by atoms with Crippen LogP contribution >= 0.6 is 0 Å². The van der Waals surface area contributed by atoms with Gasteiger partial charge >= 0.3 is 0 Å². The highest BCUT2D eigenvalue weighted by atomic mass is 16.5. The molecule has 1 aliphatic heterocycles. The van der Waals surface area contributed by atoms with Crippen LogP contribution in [0.2, 0.25) is 0 Å². The normalized spacial score (nSPS) is 13.5. The number of benzene rings is 2. The number of hydrogen-bond acceptors (Lipinski definition) is 2. The Hall–Kier alpha value is -2.55. The second-order valence-corrected chi connectivity index (χ2v) is 4.59. The first-order chi connectivity index (χ1) is 9.43. The van der Waals surface area contributed by atoms with E-state index in [0.717, 1.165) is 11.5 Å². The summed E-state index contributed by atoms with van der Waals surface area (Å²) in [4.78, 5) is 4.17. The van der Waals surface area contributed by atoms with Gasteiger partial charge in [-0.25, -0.2) is 4.98 Å². The number of fused-ring (bicyclic) bond motifs is 2. The van der Waals surface area contributed by atoms with E-state index in [4.69, 9.17) is 4.74 Å². The van der Waals surface area contributed by atoms with Crippen molar-refractivity contribution in [3.05, 3.63) is 78.4 Å². The predicted molar refractivity (Wildman–Crippen MR) is 72.4 cm³/mol. The van der Waals surface area contributed by atoms with Gasteiger partial charge in [-0.2, -0.15) is 0 Å². The van der Waals surface area contributed by atoms with Crippen molar-refractivity contribution in [1.29, 1.82) is 0 Å². The van der Waals surface area contributed by atoms with Crippen LogP contribution in [0.4, 0.5) is 0 Å². The van der Waals surface area contributed by atoms with Crippen LogP contribution in [0.1, 0.15) is 17.2 Å². The number of rotatable bonds is 1. The maximum atomic E-state index is 5.97. The molecule has 0 atom stereocenters. The van der Waals surface area contributed by atoms with Gasteiger partial charge in [-0.1, -0.05) is 36.4 Å². The van der Waals surface area contributed by atoms with Gasteiger partial charge in [0.2, 0.25) is 0 Å². The number of ether oxygens (including phenoxy) is 1. The molecule has 0 saturated heterocycles. The van der Waals surface area contributed by atoms with E-state index in [1.165, 1.54) is 11.1 Å². The monoisotopic (exact) mass is 248 g/mol. The highest BCUT2D eigenvalue weighted by Gasteiger charge is 2.27. The van der Waals surface area contributed by atoms with Gasteiger partial charge in [0.25, 0.3) is 0 Å². The zero-order chi connectivity index (χ0) is 12.7. The highest BCUT2D eigenvalue weighted by molar-refractivity contribution is 5.53. The lowest BCUT2D eigenvalue weighted by Crippen LogP contribution is -2.16. The largest absolute Gasteiger partial charge is 0.457 e. The van der Waals surface area contributed by atoms with Crippen molar-refractivity contribution >= 4 is 0 Å². The molecule has 19 heavy (non-hydrogen) atoms. The molecule has 4 rings (SSSR count). The molecular weight excluding hydrogens is 236 g/mol. The molecule has 3 aromatic rings. The Morgan fingerprint density at radius 2 is 1.53 bits per heavy atom. The van der Waals surface area contributed by atoms with Crippen molar-refractivity contribution in [3.63, 3.8) is 0 Å². The predicted octanol–water partition coefficient (Wildman–Crippen LogP) is 3.63. The molecular formula is C16H12N2O. The third-order valence-electron chi connectivity index (χ3n) is 3.47. The van der Waals surface area contributed by atoms with Gasteiger partial charge in [0.1, 0.15) is 11.5 Å². The molecule has 2 aromatic carbocycles. The van der Waals surface area contributed by atoms with E-state index < -0.39 is 0 Å². The van der Waals surface area contributed by atoms with E-state index in [-0.39, 0.29) is 6.04 Å². The molecule has 0 amide bonds. The fraction of sp³-hybridized carbons (Fsp3) is 0.0625. The molecule has 2 heterocycles. The molecule has 1 aromatic heterocycles. The lowest BCUT2D eigenvalue weighted by atomic mass is 9.94. The Morgan fingerprint density at radius 1 is 0.895 bits per heavy atom. The Labute approximate surface area is 111 Å². The molecule has 0 radical (unpaired) electrons. The Morgan fingerprint density at radius 3 is 2.11 bits per heavy atom. The van der Waals surface area contributed by atoms with Crippen molar-refractivity contribution in [2.75, 3.05) is 0 Å². The molecule has 0 saturated carbocycles. The minimum atomic E-state index is 0.128. The van der Waals surface area contributed by atoms with E-state index in [9.17, 15) is 0 Å². The second kappa shape index (κ2) is 3.99. The summed E-state index contributed by atoms with van der Waals surface area (Å²) in [6, 6.07) is 16.4. The van der Waals surface area contributed by atoms with Gasteiger partial charge in [0, 0.05) is 23.5 Å². The maximum absolute atomic E-state index is 5.97. The van der Waals surface area contributed by atoms with E-state index in [1.807, 2.05) is 48.9 Å². The van der Waals surface area contributed by atoms with Crippen molar-refractivity contribution in [1.82, 2.24) is 9.55 Å². The van der Waals surface area contributed by atoms with E-state index in [0.29, 0.717) is 0 Å². The van der Waals surface area contributed by atoms with Crippen LogP contribution in [0.15, 0.2) is 67.3 Å². The first-order valence-corrected chi connectivity index (χ1v) is 6.26. The molecule has 1 aliphatic rings. The summed E-state index contributed by atoms with van der Waals surface area (Å²) in [6.45, 7) is 0. The van der Waals surface area contributed by atoms with Crippen LogP contribution < -0.4 is 4.74 Å².